The van der Waals surface area contributed by atoms with Crippen molar-refractivity contribution in [1.82, 2.24) is 0 Å². The van der Waals surface area contributed by atoms with Crippen LogP contribution >= 0.6 is 10.3 Å². The molecule has 0 unspecified atom stereocenters. The van der Waals surface area contributed by atoms with E-state index in [1.54, 1.807) is 36.8 Å². The Morgan fingerprint density at radius 1 is 1.00 bits per heavy atom. The van der Waals surface area contributed by atoms with E-state index in [1.165, 1.54) is 12.1 Å². The highest BCUT2D eigenvalue weighted by Gasteiger charge is 2.25. The van der Waals surface area contributed by atoms with Crippen molar-refractivity contribution in [3.63, 3.8) is 0 Å². The van der Waals surface area contributed by atoms with E-state index in [0.717, 1.165) is 5.56 Å². The van der Waals surface area contributed by atoms with Gasteiger partial charge >= 0.3 is 10.1 Å². The van der Waals surface area contributed by atoms with E-state index in [0.29, 0.717) is 11.4 Å². The molecule has 0 saturated heterocycles. The smallest absolute Gasteiger partial charge is 0.306 e. The molecule has 0 aromatic heterocycles. The zero-order valence-corrected chi connectivity index (χ0v) is 16.2. The van der Waals surface area contributed by atoms with Crippen molar-refractivity contribution < 1.29 is 16.8 Å². The van der Waals surface area contributed by atoms with Crippen LogP contribution in [0.4, 0.5) is 5.69 Å². The summed E-state index contributed by atoms with van der Waals surface area (Å²) in [6, 6.07) is 15.7. The first-order valence-electron chi connectivity index (χ1n) is 7.77. The van der Waals surface area contributed by atoms with Crippen LogP contribution in [0.15, 0.2) is 59.5 Å². The van der Waals surface area contributed by atoms with E-state index in [-0.39, 0.29) is 17.2 Å². The number of para-hydroxylation sites is 1. The number of carbonyl (C=O) groups is 1. The topological polar surface area (TPSA) is 72.5 Å². The number of hydrogen-bond acceptors (Lipinski definition) is 4. The van der Waals surface area contributed by atoms with Crippen molar-refractivity contribution in [1.29, 1.82) is 0 Å². The van der Waals surface area contributed by atoms with E-state index in [1.807, 2.05) is 25.1 Å². The van der Waals surface area contributed by atoms with Gasteiger partial charge < -0.3 is 5.32 Å². The fraction of sp³-hybridized carbons (Fsp3) is 0.278. The largest absolute Gasteiger partial charge is 0.326 e. The molecule has 0 aliphatic heterocycles. The number of benzene rings is 2. The Kier molecular flexibility index (Phi) is 6.26. The zero-order valence-electron chi connectivity index (χ0n) is 14.6. The average Bonchev–Trinajstić information content (AvgIpc) is 2.53. The molecule has 0 aliphatic rings. The van der Waals surface area contributed by atoms with Gasteiger partial charge in [-0.2, -0.15) is 8.42 Å². The molecule has 7 heteroatoms. The third-order valence-corrected chi connectivity index (χ3v) is 7.69. The van der Waals surface area contributed by atoms with Crippen molar-refractivity contribution in [2.45, 2.75) is 18.2 Å². The molecule has 0 bridgehead atoms. The molecular formula is C18H23NO4S2. The number of carbonyl (C=O) groups excluding carboxylic acids is 1. The molecule has 2 aromatic rings. The van der Waals surface area contributed by atoms with Crippen LogP contribution in [0.5, 0.6) is 0 Å². The number of nitrogens with one attached hydrogen (secondary N) is 1. The number of rotatable bonds is 7. The van der Waals surface area contributed by atoms with E-state index in [2.05, 4.69) is 5.32 Å². The molecule has 2 aromatic carbocycles. The number of amides is 1. The molecule has 1 amide bonds. The van der Waals surface area contributed by atoms with Crippen LogP contribution in [0.2, 0.25) is 0 Å². The summed E-state index contributed by atoms with van der Waals surface area (Å²) in [6.45, 7) is 1.89. The summed E-state index contributed by atoms with van der Waals surface area (Å²) in [5.74, 6) is 0.194. The van der Waals surface area contributed by atoms with Crippen molar-refractivity contribution in [3.8, 4) is 0 Å². The summed E-state index contributed by atoms with van der Waals surface area (Å²) in [5, 5.41) is 2.78. The van der Waals surface area contributed by atoms with E-state index in [4.69, 9.17) is 3.63 Å². The summed E-state index contributed by atoms with van der Waals surface area (Å²) >= 11 is 0. The van der Waals surface area contributed by atoms with Gasteiger partial charge in [0, 0.05) is 17.9 Å². The Balaban J connectivity index is 1.94. The van der Waals surface area contributed by atoms with E-state index < -0.39 is 20.4 Å². The molecule has 0 saturated carbocycles. The number of aryl methyl sites for hydroxylation is 1. The van der Waals surface area contributed by atoms with E-state index in [9.17, 15) is 13.2 Å². The Morgan fingerprint density at radius 3 is 2.20 bits per heavy atom. The van der Waals surface area contributed by atoms with Gasteiger partial charge in [0.25, 0.3) is 0 Å². The first kappa shape index (κ1) is 19.5. The Bertz CT molecular complexity index is 816. The monoisotopic (exact) mass is 381 g/mol. The Labute approximate surface area is 151 Å². The summed E-state index contributed by atoms with van der Waals surface area (Å²) in [7, 11) is -5.77. The van der Waals surface area contributed by atoms with Crippen LogP contribution in [0.3, 0.4) is 0 Å². The molecule has 0 fully saturated rings. The second-order valence-electron chi connectivity index (χ2n) is 6.14. The van der Waals surface area contributed by atoms with Gasteiger partial charge in [-0.25, -0.2) is 3.63 Å². The lowest BCUT2D eigenvalue weighted by Gasteiger charge is -2.29. The molecule has 0 radical (unpaired) electrons. The van der Waals surface area contributed by atoms with Crippen LogP contribution in [0.25, 0.3) is 0 Å². The van der Waals surface area contributed by atoms with Crippen molar-refractivity contribution in [2.24, 2.45) is 0 Å². The predicted molar refractivity (Wildman–Crippen MR) is 103 cm³/mol. The standard InChI is InChI=1S/C18H23NO4S2/c1-15-9-11-17(12-10-15)25(21,22)23-24(2,3)14-13-18(20)19-16-7-5-4-6-8-16/h4-12H,13-14H2,1-3H3,(H,19,20). The van der Waals surface area contributed by atoms with Gasteiger partial charge in [-0.05, 0) is 43.7 Å². The van der Waals surface area contributed by atoms with Gasteiger partial charge in [0.05, 0.1) is 4.90 Å². The molecule has 0 spiro atoms. The van der Waals surface area contributed by atoms with Gasteiger partial charge in [0.15, 0.2) is 0 Å². The zero-order chi connectivity index (χ0) is 18.5. The molecule has 0 atom stereocenters. The number of hydrogen-bond donors (Lipinski definition) is 1. The first-order valence-corrected chi connectivity index (χ1v) is 11.7. The van der Waals surface area contributed by atoms with E-state index >= 15 is 0 Å². The second-order valence-corrected chi connectivity index (χ2v) is 11.3. The van der Waals surface area contributed by atoms with Gasteiger partial charge in [-0.15, -0.1) is 10.3 Å². The third-order valence-electron chi connectivity index (χ3n) is 3.46. The SMILES string of the molecule is Cc1ccc(S(=O)(=O)OS(C)(C)CCC(=O)Nc2ccccc2)cc1. The van der Waals surface area contributed by atoms with Crippen LogP contribution in [0.1, 0.15) is 12.0 Å². The summed E-state index contributed by atoms with van der Waals surface area (Å²) < 4.78 is 30.2. The third kappa shape index (κ3) is 6.19. The van der Waals surface area contributed by atoms with Gasteiger partial charge in [-0.1, -0.05) is 35.9 Å². The molecule has 0 heterocycles. The maximum absolute atomic E-state index is 12.4. The lowest BCUT2D eigenvalue weighted by atomic mass is 10.2. The average molecular weight is 382 g/mol. The Morgan fingerprint density at radius 2 is 1.60 bits per heavy atom. The number of anilines is 1. The van der Waals surface area contributed by atoms with Gasteiger partial charge in [0.1, 0.15) is 0 Å². The minimum absolute atomic E-state index is 0.132. The van der Waals surface area contributed by atoms with Crippen molar-refractivity contribution >= 4 is 32.0 Å². The van der Waals surface area contributed by atoms with Gasteiger partial charge in [0.2, 0.25) is 5.91 Å². The highest BCUT2D eigenvalue weighted by atomic mass is 32.3. The maximum Gasteiger partial charge on any atom is 0.306 e. The van der Waals surface area contributed by atoms with Crippen LogP contribution in [-0.4, -0.2) is 32.6 Å². The highest BCUT2D eigenvalue weighted by Crippen LogP contribution is 2.44. The minimum atomic E-state index is -3.84. The molecule has 0 aliphatic carbocycles. The quantitative estimate of drug-likeness (QED) is 0.793. The van der Waals surface area contributed by atoms with Crippen LogP contribution in [-0.2, 0) is 18.5 Å². The molecule has 2 rings (SSSR count). The van der Waals surface area contributed by atoms with Crippen molar-refractivity contribution in [3.05, 3.63) is 60.2 Å². The molecule has 136 valence electrons. The van der Waals surface area contributed by atoms with Crippen LogP contribution < -0.4 is 5.32 Å². The van der Waals surface area contributed by atoms with Crippen LogP contribution in [0, 0.1) is 6.92 Å². The minimum Gasteiger partial charge on any atom is -0.326 e. The Hall–Kier alpha value is -1.83. The first-order chi connectivity index (χ1) is 11.7. The fourth-order valence-corrected chi connectivity index (χ4v) is 5.78. The predicted octanol–water partition coefficient (Wildman–Crippen LogP) is 3.71. The maximum atomic E-state index is 12.4. The lowest BCUT2D eigenvalue weighted by Crippen LogP contribution is -2.18. The molecular weight excluding hydrogens is 358 g/mol. The molecule has 25 heavy (non-hydrogen) atoms. The van der Waals surface area contributed by atoms with Gasteiger partial charge in [-0.3, -0.25) is 4.79 Å². The highest BCUT2D eigenvalue weighted by molar-refractivity contribution is 8.32. The second kappa shape index (κ2) is 8.03. The fourth-order valence-electron chi connectivity index (χ4n) is 2.10. The molecule has 1 N–H and O–H groups in total. The summed E-state index contributed by atoms with van der Waals surface area (Å²) in [5.41, 5.74) is 1.69. The normalized spacial score (nSPS) is 12.6. The van der Waals surface area contributed by atoms with Crippen molar-refractivity contribution in [2.75, 3.05) is 23.6 Å². The lowest BCUT2D eigenvalue weighted by molar-refractivity contribution is -0.115. The summed E-state index contributed by atoms with van der Waals surface area (Å²) in [4.78, 5) is 12.2. The molecule has 5 nitrogen and oxygen atoms in total. The summed E-state index contributed by atoms with van der Waals surface area (Å²) in [6.07, 6.45) is 3.68.